The van der Waals surface area contributed by atoms with Gasteiger partial charge in [-0.1, -0.05) is 51.4 Å². The third kappa shape index (κ3) is 6.05. The van der Waals surface area contributed by atoms with Crippen molar-refractivity contribution in [2.24, 2.45) is 17.3 Å². The lowest BCUT2D eigenvalue weighted by Crippen LogP contribution is -2.41. The van der Waals surface area contributed by atoms with Gasteiger partial charge < -0.3 is 9.47 Å². The molecule has 0 atom stereocenters. The van der Waals surface area contributed by atoms with E-state index in [-0.39, 0.29) is 5.41 Å². The molecule has 0 aromatic carbocycles. The van der Waals surface area contributed by atoms with Gasteiger partial charge in [0.2, 0.25) is 0 Å². The van der Waals surface area contributed by atoms with E-state index in [1.165, 1.54) is 77.0 Å². The van der Waals surface area contributed by atoms with Crippen LogP contribution >= 0.6 is 0 Å². The SMILES string of the molecule is CCOCC(CCC1CCCCC1)(COCC)C1CCCCC1. The average Bonchev–Trinajstić information content (AvgIpc) is 2.63. The first-order chi connectivity index (χ1) is 11.3. The average molecular weight is 325 g/mol. The molecule has 2 aliphatic rings. The summed E-state index contributed by atoms with van der Waals surface area (Å²) in [7, 11) is 0. The zero-order chi connectivity index (χ0) is 16.4. The van der Waals surface area contributed by atoms with Gasteiger partial charge in [0, 0.05) is 18.6 Å². The number of hydrogen-bond donors (Lipinski definition) is 0. The molecular weight excluding hydrogens is 284 g/mol. The second-order valence-corrected chi connectivity index (χ2v) is 8.01. The van der Waals surface area contributed by atoms with Gasteiger partial charge >= 0.3 is 0 Å². The van der Waals surface area contributed by atoms with Crippen molar-refractivity contribution in [1.29, 1.82) is 0 Å². The van der Waals surface area contributed by atoms with Crippen LogP contribution in [0.3, 0.4) is 0 Å². The minimum atomic E-state index is 0.282. The maximum atomic E-state index is 6.01. The Morgan fingerprint density at radius 1 is 0.739 bits per heavy atom. The largest absolute Gasteiger partial charge is 0.381 e. The third-order valence-corrected chi connectivity index (χ3v) is 6.43. The fourth-order valence-electron chi connectivity index (χ4n) is 4.92. The summed E-state index contributed by atoms with van der Waals surface area (Å²) in [5.41, 5.74) is 0.282. The van der Waals surface area contributed by atoms with Crippen molar-refractivity contribution in [3.05, 3.63) is 0 Å². The normalized spacial score (nSPS) is 21.7. The fraction of sp³-hybridized carbons (Fsp3) is 1.00. The molecule has 0 heterocycles. The van der Waals surface area contributed by atoms with E-state index >= 15 is 0 Å². The maximum Gasteiger partial charge on any atom is 0.0547 e. The van der Waals surface area contributed by atoms with E-state index in [1.807, 2.05) is 0 Å². The summed E-state index contributed by atoms with van der Waals surface area (Å²) in [5.74, 6) is 1.79. The first-order valence-corrected chi connectivity index (χ1v) is 10.5. The first-order valence-electron chi connectivity index (χ1n) is 10.5. The van der Waals surface area contributed by atoms with Gasteiger partial charge in [0.1, 0.15) is 0 Å². The number of hydrogen-bond acceptors (Lipinski definition) is 2. The predicted octanol–water partition coefficient (Wildman–Crippen LogP) is 5.99. The zero-order valence-corrected chi connectivity index (χ0v) is 15.8. The summed E-state index contributed by atoms with van der Waals surface area (Å²) in [6, 6.07) is 0. The molecule has 0 aromatic heterocycles. The molecule has 2 nitrogen and oxygen atoms in total. The Labute approximate surface area is 144 Å². The maximum absolute atomic E-state index is 6.01. The highest BCUT2D eigenvalue weighted by atomic mass is 16.5. The van der Waals surface area contributed by atoms with Crippen LogP contribution in [-0.2, 0) is 9.47 Å². The highest BCUT2D eigenvalue weighted by Crippen LogP contribution is 2.44. The standard InChI is InChI=1S/C21H40O2/c1-3-22-17-21(18-23-4-2,20-13-9-6-10-14-20)16-15-19-11-7-5-8-12-19/h19-20H,3-18H2,1-2H3. The molecule has 0 aromatic rings. The van der Waals surface area contributed by atoms with Gasteiger partial charge in [0.15, 0.2) is 0 Å². The molecule has 2 aliphatic carbocycles. The van der Waals surface area contributed by atoms with Crippen LogP contribution in [-0.4, -0.2) is 26.4 Å². The molecular formula is C21H40O2. The van der Waals surface area contributed by atoms with E-state index in [0.717, 1.165) is 38.3 Å². The minimum Gasteiger partial charge on any atom is -0.381 e. The number of rotatable bonds is 10. The summed E-state index contributed by atoms with van der Waals surface area (Å²) in [5, 5.41) is 0. The summed E-state index contributed by atoms with van der Waals surface area (Å²) in [4.78, 5) is 0. The quantitative estimate of drug-likeness (QED) is 0.491. The molecule has 2 fully saturated rings. The molecule has 0 amide bonds. The zero-order valence-electron chi connectivity index (χ0n) is 15.8. The van der Waals surface area contributed by atoms with E-state index in [4.69, 9.17) is 9.47 Å². The minimum absolute atomic E-state index is 0.282. The van der Waals surface area contributed by atoms with Crippen LogP contribution < -0.4 is 0 Å². The molecule has 0 saturated heterocycles. The van der Waals surface area contributed by atoms with Gasteiger partial charge in [-0.05, 0) is 51.4 Å². The fourth-order valence-corrected chi connectivity index (χ4v) is 4.92. The van der Waals surface area contributed by atoms with Crippen LogP contribution in [0.2, 0.25) is 0 Å². The van der Waals surface area contributed by atoms with Gasteiger partial charge in [-0.25, -0.2) is 0 Å². The Bertz CT molecular complexity index is 282. The lowest BCUT2D eigenvalue weighted by Gasteiger charge is -2.43. The number of ether oxygens (including phenoxy) is 2. The van der Waals surface area contributed by atoms with Crippen molar-refractivity contribution in [3.8, 4) is 0 Å². The van der Waals surface area contributed by atoms with E-state index < -0.39 is 0 Å². The molecule has 0 aliphatic heterocycles. The highest BCUT2D eigenvalue weighted by molar-refractivity contribution is 4.89. The van der Waals surface area contributed by atoms with Crippen molar-refractivity contribution >= 4 is 0 Å². The summed E-state index contributed by atoms with van der Waals surface area (Å²) in [6.07, 6.45) is 17.1. The lowest BCUT2D eigenvalue weighted by molar-refractivity contribution is -0.0685. The predicted molar refractivity (Wildman–Crippen MR) is 97.8 cm³/mol. The van der Waals surface area contributed by atoms with Crippen LogP contribution in [0.4, 0.5) is 0 Å². The van der Waals surface area contributed by atoms with Crippen LogP contribution in [0.25, 0.3) is 0 Å². The molecule has 0 N–H and O–H groups in total. The van der Waals surface area contributed by atoms with Gasteiger partial charge in [0.05, 0.1) is 13.2 Å². The second kappa shape index (κ2) is 10.7. The Balaban J connectivity index is 2.01. The third-order valence-electron chi connectivity index (χ3n) is 6.43. The molecule has 0 unspecified atom stereocenters. The van der Waals surface area contributed by atoms with E-state index in [1.54, 1.807) is 0 Å². The molecule has 2 heteroatoms. The van der Waals surface area contributed by atoms with Crippen molar-refractivity contribution in [2.45, 2.75) is 90.9 Å². The Morgan fingerprint density at radius 2 is 1.26 bits per heavy atom. The van der Waals surface area contributed by atoms with Crippen LogP contribution in [0.5, 0.6) is 0 Å². The second-order valence-electron chi connectivity index (χ2n) is 8.01. The molecule has 2 saturated carbocycles. The molecule has 0 spiro atoms. The van der Waals surface area contributed by atoms with E-state index in [0.29, 0.717) is 0 Å². The van der Waals surface area contributed by atoms with E-state index in [2.05, 4.69) is 13.8 Å². The molecule has 0 bridgehead atoms. The summed E-state index contributed by atoms with van der Waals surface area (Å²) >= 11 is 0. The highest BCUT2D eigenvalue weighted by Gasteiger charge is 2.40. The molecule has 136 valence electrons. The lowest BCUT2D eigenvalue weighted by atomic mass is 9.66. The van der Waals surface area contributed by atoms with Crippen molar-refractivity contribution < 1.29 is 9.47 Å². The summed E-state index contributed by atoms with van der Waals surface area (Å²) < 4.78 is 12.0. The van der Waals surface area contributed by atoms with Gasteiger partial charge in [0.25, 0.3) is 0 Å². The topological polar surface area (TPSA) is 18.5 Å². The van der Waals surface area contributed by atoms with Crippen LogP contribution in [0.1, 0.15) is 90.9 Å². The van der Waals surface area contributed by atoms with Gasteiger partial charge in [-0.2, -0.15) is 0 Å². The Hall–Kier alpha value is -0.0800. The Kier molecular flexibility index (Phi) is 8.97. The van der Waals surface area contributed by atoms with Crippen molar-refractivity contribution in [2.75, 3.05) is 26.4 Å². The van der Waals surface area contributed by atoms with Gasteiger partial charge in [-0.15, -0.1) is 0 Å². The van der Waals surface area contributed by atoms with Gasteiger partial charge in [-0.3, -0.25) is 0 Å². The summed E-state index contributed by atoms with van der Waals surface area (Å²) in [6.45, 7) is 7.77. The van der Waals surface area contributed by atoms with Crippen LogP contribution in [0, 0.1) is 17.3 Å². The molecule has 23 heavy (non-hydrogen) atoms. The first kappa shape index (κ1) is 19.2. The van der Waals surface area contributed by atoms with Crippen LogP contribution in [0.15, 0.2) is 0 Å². The Morgan fingerprint density at radius 3 is 1.78 bits per heavy atom. The monoisotopic (exact) mass is 324 g/mol. The van der Waals surface area contributed by atoms with E-state index in [9.17, 15) is 0 Å². The van der Waals surface area contributed by atoms with Crippen molar-refractivity contribution in [3.63, 3.8) is 0 Å². The smallest absolute Gasteiger partial charge is 0.0547 e. The molecule has 2 rings (SSSR count). The molecule has 0 radical (unpaired) electrons. The van der Waals surface area contributed by atoms with Crippen molar-refractivity contribution in [1.82, 2.24) is 0 Å².